The fourth-order valence-corrected chi connectivity index (χ4v) is 2.07. The second-order valence-corrected chi connectivity index (χ2v) is 4.48. The number of allylic oxidation sites excluding steroid dienone is 1. The molecule has 0 bridgehead atoms. The van der Waals surface area contributed by atoms with Gasteiger partial charge in [-0.25, -0.2) is 9.79 Å². The molecule has 0 saturated heterocycles. The molecule has 0 amide bonds. The van der Waals surface area contributed by atoms with Crippen molar-refractivity contribution in [3.05, 3.63) is 46.7 Å². The minimum Gasteiger partial charge on any atom is -0.466 e. The summed E-state index contributed by atoms with van der Waals surface area (Å²) in [6.45, 7) is 3.79. The molecule has 0 aliphatic carbocycles. The summed E-state index contributed by atoms with van der Waals surface area (Å²) >= 11 is 0. The lowest BCUT2D eigenvalue weighted by atomic mass is 9.96. The number of hydrogen-bond donors (Lipinski definition) is 2. The van der Waals surface area contributed by atoms with Gasteiger partial charge in [-0.05, 0) is 19.4 Å². The fraction of sp³-hybridized carbons (Fsp3) is 0.286. The molecule has 5 nitrogen and oxygen atoms in total. The van der Waals surface area contributed by atoms with Crippen LogP contribution in [0.25, 0.3) is 0 Å². The van der Waals surface area contributed by atoms with Crippen molar-refractivity contribution in [3.63, 3.8) is 0 Å². The summed E-state index contributed by atoms with van der Waals surface area (Å²) < 4.78 is 4.82. The van der Waals surface area contributed by atoms with Crippen molar-refractivity contribution in [2.24, 2.45) is 10.7 Å². The average molecular weight is 259 g/mol. The molecule has 1 atom stereocenters. The normalized spacial score (nSPS) is 18.7. The second kappa shape index (κ2) is 5.14. The third kappa shape index (κ3) is 2.59. The Balaban J connectivity index is 2.47. The number of carbonyl (C=O) groups is 1. The van der Waals surface area contributed by atoms with Crippen LogP contribution in [-0.4, -0.2) is 19.0 Å². The zero-order valence-electron chi connectivity index (χ0n) is 11.2. The molecule has 3 N–H and O–H groups in total. The predicted molar refractivity (Wildman–Crippen MR) is 73.4 cm³/mol. The molecule has 2 rings (SSSR count). The number of nitrogens with zero attached hydrogens (tertiary/aromatic N) is 1. The molecule has 1 unspecified atom stereocenters. The van der Waals surface area contributed by atoms with E-state index >= 15 is 0 Å². The molecule has 1 aliphatic heterocycles. The van der Waals surface area contributed by atoms with Crippen molar-refractivity contribution in [1.82, 2.24) is 5.32 Å². The highest BCUT2D eigenvalue weighted by Crippen LogP contribution is 2.30. The van der Waals surface area contributed by atoms with Crippen LogP contribution in [0.1, 0.15) is 24.1 Å². The maximum absolute atomic E-state index is 11.9. The van der Waals surface area contributed by atoms with Gasteiger partial charge in [0.15, 0.2) is 5.96 Å². The molecule has 100 valence electrons. The molecule has 5 heteroatoms. The van der Waals surface area contributed by atoms with Crippen molar-refractivity contribution in [2.75, 3.05) is 7.11 Å². The van der Waals surface area contributed by atoms with Gasteiger partial charge in [0.2, 0.25) is 0 Å². The van der Waals surface area contributed by atoms with Crippen LogP contribution in [0.4, 0.5) is 0 Å². The number of benzene rings is 1. The van der Waals surface area contributed by atoms with Gasteiger partial charge >= 0.3 is 5.97 Å². The Kier molecular flexibility index (Phi) is 3.55. The molecular formula is C14H17N3O2. The highest BCUT2D eigenvalue weighted by Gasteiger charge is 2.29. The van der Waals surface area contributed by atoms with Gasteiger partial charge in [0, 0.05) is 5.70 Å². The first-order valence-corrected chi connectivity index (χ1v) is 5.99. The molecule has 0 spiro atoms. The molecule has 1 heterocycles. The molecule has 0 saturated carbocycles. The largest absolute Gasteiger partial charge is 0.466 e. The Labute approximate surface area is 112 Å². The molecule has 1 aromatic carbocycles. The second-order valence-electron chi connectivity index (χ2n) is 4.48. The first kappa shape index (κ1) is 13.1. The van der Waals surface area contributed by atoms with E-state index in [1.54, 1.807) is 6.92 Å². The van der Waals surface area contributed by atoms with Gasteiger partial charge in [-0.2, -0.15) is 0 Å². The first-order valence-electron chi connectivity index (χ1n) is 5.99. The monoisotopic (exact) mass is 259 g/mol. The number of esters is 1. The standard InChI is InChI=1S/C14H17N3O2/c1-8-4-6-10(7-5-8)12-11(13(18)19-3)9(2)16-14(15)17-12/h4-7,12H,1-3H3,(H3,15,16,17). The van der Waals surface area contributed by atoms with Gasteiger partial charge in [0.25, 0.3) is 0 Å². The number of ether oxygens (including phenoxy) is 1. The van der Waals surface area contributed by atoms with Gasteiger partial charge in [0.05, 0.1) is 12.7 Å². The van der Waals surface area contributed by atoms with Crippen LogP contribution in [0.15, 0.2) is 40.5 Å². The summed E-state index contributed by atoms with van der Waals surface area (Å²) in [5.74, 6) is -0.0949. The molecule has 0 radical (unpaired) electrons. The van der Waals surface area contributed by atoms with Crippen LogP contribution in [0.2, 0.25) is 0 Å². The minimum atomic E-state index is -0.422. The summed E-state index contributed by atoms with van der Waals surface area (Å²) in [5, 5.41) is 2.86. The van der Waals surface area contributed by atoms with Crippen LogP contribution in [-0.2, 0) is 9.53 Å². The summed E-state index contributed by atoms with van der Waals surface area (Å²) in [7, 11) is 1.36. The van der Waals surface area contributed by atoms with Gasteiger partial charge in [-0.15, -0.1) is 0 Å². The van der Waals surface area contributed by atoms with Gasteiger partial charge in [-0.3, -0.25) is 0 Å². The van der Waals surface area contributed by atoms with Gasteiger partial charge in [0.1, 0.15) is 6.04 Å². The van der Waals surface area contributed by atoms with E-state index in [-0.39, 0.29) is 0 Å². The lowest BCUT2D eigenvalue weighted by molar-refractivity contribution is -0.136. The van der Waals surface area contributed by atoms with E-state index in [2.05, 4.69) is 10.3 Å². The van der Waals surface area contributed by atoms with E-state index in [1.165, 1.54) is 7.11 Å². The number of carbonyl (C=O) groups excluding carboxylic acids is 1. The molecule has 1 aliphatic rings. The third-order valence-electron chi connectivity index (χ3n) is 3.06. The lowest BCUT2D eigenvalue weighted by Gasteiger charge is -2.24. The molecule has 0 fully saturated rings. The van der Waals surface area contributed by atoms with Crippen LogP contribution in [0.5, 0.6) is 0 Å². The Morgan fingerprint density at radius 1 is 1.32 bits per heavy atom. The first-order chi connectivity index (χ1) is 9.02. The van der Waals surface area contributed by atoms with Crippen molar-refractivity contribution in [2.45, 2.75) is 19.9 Å². The van der Waals surface area contributed by atoms with E-state index in [0.29, 0.717) is 17.2 Å². The van der Waals surface area contributed by atoms with Crippen LogP contribution >= 0.6 is 0 Å². The van der Waals surface area contributed by atoms with Crippen LogP contribution in [0, 0.1) is 6.92 Å². The maximum Gasteiger partial charge on any atom is 0.338 e. The van der Waals surface area contributed by atoms with E-state index in [4.69, 9.17) is 10.5 Å². The Morgan fingerprint density at radius 2 is 1.95 bits per heavy atom. The van der Waals surface area contributed by atoms with Crippen molar-refractivity contribution >= 4 is 11.9 Å². The van der Waals surface area contributed by atoms with E-state index < -0.39 is 12.0 Å². The number of methoxy groups -OCH3 is 1. The lowest BCUT2D eigenvalue weighted by Crippen LogP contribution is -2.37. The minimum absolute atomic E-state index is 0.302. The fourth-order valence-electron chi connectivity index (χ4n) is 2.07. The quantitative estimate of drug-likeness (QED) is 0.787. The van der Waals surface area contributed by atoms with E-state index in [0.717, 1.165) is 11.1 Å². The van der Waals surface area contributed by atoms with Crippen molar-refractivity contribution in [1.29, 1.82) is 0 Å². The Hall–Kier alpha value is -2.30. The Morgan fingerprint density at radius 3 is 2.53 bits per heavy atom. The number of aryl methyl sites for hydroxylation is 1. The van der Waals surface area contributed by atoms with Crippen LogP contribution in [0.3, 0.4) is 0 Å². The number of nitrogens with one attached hydrogen (secondary N) is 1. The molecule has 0 aromatic heterocycles. The highest BCUT2D eigenvalue weighted by atomic mass is 16.5. The molecule has 1 aromatic rings. The Bertz CT molecular complexity index is 559. The van der Waals surface area contributed by atoms with Gasteiger partial charge < -0.3 is 15.8 Å². The molecular weight excluding hydrogens is 242 g/mol. The molecule has 19 heavy (non-hydrogen) atoms. The van der Waals surface area contributed by atoms with Gasteiger partial charge in [-0.1, -0.05) is 29.8 Å². The number of rotatable bonds is 2. The topological polar surface area (TPSA) is 76.7 Å². The van der Waals surface area contributed by atoms with E-state index in [1.807, 2.05) is 31.2 Å². The average Bonchev–Trinajstić information content (AvgIpc) is 2.38. The number of aliphatic imine (C=N–C) groups is 1. The van der Waals surface area contributed by atoms with Crippen molar-refractivity contribution < 1.29 is 9.53 Å². The highest BCUT2D eigenvalue weighted by molar-refractivity contribution is 5.94. The smallest absolute Gasteiger partial charge is 0.338 e. The van der Waals surface area contributed by atoms with Crippen LogP contribution < -0.4 is 11.1 Å². The number of guanidine groups is 1. The number of nitrogens with two attached hydrogens (primary N) is 1. The van der Waals surface area contributed by atoms with E-state index in [9.17, 15) is 4.79 Å². The zero-order valence-corrected chi connectivity index (χ0v) is 11.2. The SMILES string of the molecule is COC(=O)C1=C(C)NC(N)=NC1c1ccc(C)cc1. The maximum atomic E-state index is 11.9. The third-order valence-corrected chi connectivity index (χ3v) is 3.06. The summed E-state index contributed by atoms with van der Waals surface area (Å²) in [6, 6.07) is 7.42. The summed E-state index contributed by atoms with van der Waals surface area (Å²) in [5.41, 5.74) is 8.96. The zero-order chi connectivity index (χ0) is 14.0. The summed E-state index contributed by atoms with van der Waals surface area (Å²) in [4.78, 5) is 16.2. The number of hydrogen-bond acceptors (Lipinski definition) is 5. The predicted octanol–water partition coefficient (Wildman–Crippen LogP) is 1.40. The summed E-state index contributed by atoms with van der Waals surface area (Å²) in [6.07, 6.45) is 0. The van der Waals surface area contributed by atoms with Crippen molar-refractivity contribution in [3.8, 4) is 0 Å².